The van der Waals surface area contributed by atoms with Gasteiger partial charge in [-0.15, -0.1) is 0 Å². The van der Waals surface area contributed by atoms with E-state index in [1.807, 2.05) is 0 Å². The molecule has 2 heteroatoms. The van der Waals surface area contributed by atoms with Crippen LogP contribution in [-0.4, -0.2) is 20.1 Å². The van der Waals surface area contributed by atoms with Crippen LogP contribution in [0, 0.1) is 12.3 Å². The van der Waals surface area contributed by atoms with Crippen LogP contribution in [0.1, 0.15) is 38.8 Å². The standard InChI is InChI=1S/C16H28N2/c1-7-17-11-14-8-9-15(13(2)10-14)18(6)12-16(3,4)5/h8-10,17H,7,11-12H2,1-6H3. The van der Waals surface area contributed by atoms with Crippen molar-refractivity contribution in [1.82, 2.24) is 5.32 Å². The van der Waals surface area contributed by atoms with Crippen LogP contribution < -0.4 is 10.2 Å². The van der Waals surface area contributed by atoms with E-state index in [9.17, 15) is 0 Å². The van der Waals surface area contributed by atoms with Crippen LogP contribution in [0.4, 0.5) is 5.69 Å². The van der Waals surface area contributed by atoms with Crippen molar-refractivity contribution in [2.45, 2.75) is 41.2 Å². The number of hydrogen-bond acceptors (Lipinski definition) is 2. The van der Waals surface area contributed by atoms with Gasteiger partial charge in [-0.1, -0.05) is 39.8 Å². The number of aryl methyl sites for hydroxylation is 1. The van der Waals surface area contributed by atoms with Gasteiger partial charge < -0.3 is 10.2 Å². The fourth-order valence-corrected chi connectivity index (χ4v) is 2.32. The maximum atomic E-state index is 3.37. The van der Waals surface area contributed by atoms with Crippen LogP contribution in [0.25, 0.3) is 0 Å². The fraction of sp³-hybridized carbons (Fsp3) is 0.625. The molecule has 1 rings (SSSR count). The first-order chi connectivity index (χ1) is 8.33. The molecule has 0 saturated carbocycles. The maximum Gasteiger partial charge on any atom is 0.0393 e. The molecule has 1 N–H and O–H groups in total. The molecular weight excluding hydrogens is 220 g/mol. The Morgan fingerprint density at radius 3 is 2.39 bits per heavy atom. The van der Waals surface area contributed by atoms with Crippen molar-refractivity contribution in [3.8, 4) is 0 Å². The minimum atomic E-state index is 0.323. The van der Waals surface area contributed by atoms with Gasteiger partial charge in [0.2, 0.25) is 0 Å². The number of rotatable bonds is 5. The van der Waals surface area contributed by atoms with E-state index in [1.54, 1.807) is 0 Å². The summed E-state index contributed by atoms with van der Waals surface area (Å²) >= 11 is 0. The average molecular weight is 248 g/mol. The van der Waals surface area contributed by atoms with Gasteiger partial charge in [-0.25, -0.2) is 0 Å². The molecule has 0 aliphatic heterocycles. The SMILES string of the molecule is CCNCc1ccc(N(C)CC(C)(C)C)c(C)c1. The first-order valence-corrected chi connectivity index (χ1v) is 6.85. The highest BCUT2D eigenvalue weighted by molar-refractivity contribution is 5.54. The van der Waals surface area contributed by atoms with Crippen LogP contribution in [0.15, 0.2) is 18.2 Å². The van der Waals surface area contributed by atoms with Crippen molar-refractivity contribution < 1.29 is 0 Å². The van der Waals surface area contributed by atoms with Crippen molar-refractivity contribution in [3.05, 3.63) is 29.3 Å². The molecule has 2 nitrogen and oxygen atoms in total. The Hall–Kier alpha value is -1.02. The minimum absolute atomic E-state index is 0.323. The highest BCUT2D eigenvalue weighted by Crippen LogP contribution is 2.24. The largest absolute Gasteiger partial charge is 0.374 e. The zero-order valence-corrected chi connectivity index (χ0v) is 12.8. The molecule has 0 atom stereocenters. The Labute approximate surface area is 112 Å². The lowest BCUT2D eigenvalue weighted by Gasteiger charge is -2.29. The molecule has 0 spiro atoms. The van der Waals surface area contributed by atoms with E-state index in [4.69, 9.17) is 0 Å². The second kappa shape index (κ2) is 6.24. The highest BCUT2D eigenvalue weighted by atomic mass is 15.1. The molecule has 0 aliphatic carbocycles. The Morgan fingerprint density at radius 1 is 1.22 bits per heavy atom. The topological polar surface area (TPSA) is 15.3 Å². The van der Waals surface area contributed by atoms with Crippen LogP contribution in [0.3, 0.4) is 0 Å². The Balaban J connectivity index is 2.78. The van der Waals surface area contributed by atoms with Crippen LogP contribution >= 0.6 is 0 Å². The Morgan fingerprint density at radius 2 is 1.89 bits per heavy atom. The molecule has 0 unspecified atom stereocenters. The summed E-state index contributed by atoms with van der Waals surface area (Å²) in [6, 6.07) is 6.76. The Bertz CT molecular complexity index is 377. The molecule has 0 aliphatic rings. The van der Waals surface area contributed by atoms with Gasteiger partial charge in [0.15, 0.2) is 0 Å². The van der Waals surface area contributed by atoms with E-state index >= 15 is 0 Å². The molecule has 102 valence electrons. The van der Waals surface area contributed by atoms with Gasteiger partial charge in [-0.3, -0.25) is 0 Å². The van der Waals surface area contributed by atoms with E-state index in [-0.39, 0.29) is 0 Å². The van der Waals surface area contributed by atoms with E-state index in [0.717, 1.165) is 19.6 Å². The molecule has 0 bridgehead atoms. The Kier molecular flexibility index (Phi) is 5.21. The molecule has 1 aromatic carbocycles. The summed E-state index contributed by atoms with van der Waals surface area (Å²) in [5.74, 6) is 0. The third kappa shape index (κ3) is 4.69. The zero-order valence-electron chi connectivity index (χ0n) is 12.8. The van der Waals surface area contributed by atoms with E-state index in [1.165, 1.54) is 16.8 Å². The number of nitrogens with one attached hydrogen (secondary N) is 1. The van der Waals surface area contributed by atoms with E-state index < -0.39 is 0 Å². The van der Waals surface area contributed by atoms with Gasteiger partial charge in [0.25, 0.3) is 0 Å². The summed E-state index contributed by atoms with van der Waals surface area (Å²) in [7, 11) is 2.18. The summed E-state index contributed by atoms with van der Waals surface area (Å²) in [5, 5.41) is 3.37. The predicted molar refractivity (Wildman–Crippen MR) is 81.3 cm³/mol. The number of hydrogen-bond donors (Lipinski definition) is 1. The van der Waals surface area contributed by atoms with Crippen molar-refractivity contribution in [2.75, 3.05) is 25.0 Å². The monoisotopic (exact) mass is 248 g/mol. The van der Waals surface area contributed by atoms with Gasteiger partial charge >= 0.3 is 0 Å². The van der Waals surface area contributed by atoms with E-state index in [0.29, 0.717) is 5.41 Å². The summed E-state index contributed by atoms with van der Waals surface area (Å²) in [5.41, 5.74) is 4.38. The molecule has 0 radical (unpaired) electrons. The van der Waals surface area contributed by atoms with Crippen LogP contribution in [-0.2, 0) is 6.54 Å². The second-order valence-corrected chi connectivity index (χ2v) is 6.32. The number of anilines is 1. The predicted octanol–water partition coefficient (Wildman–Crippen LogP) is 3.59. The fourth-order valence-electron chi connectivity index (χ4n) is 2.32. The van der Waals surface area contributed by atoms with Crippen molar-refractivity contribution in [1.29, 1.82) is 0 Å². The first-order valence-electron chi connectivity index (χ1n) is 6.85. The van der Waals surface area contributed by atoms with Crippen molar-refractivity contribution in [3.63, 3.8) is 0 Å². The van der Waals surface area contributed by atoms with Gasteiger partial charge in [-0.05, 0) is 36.1 Å². The molecule has 0 aromatic heterocycles. The highest BCUT2D eigenvalue weighted by Gasteiger charge is 2.15. The lowest BCUT2D eigenvalue weighted by molar-refractivity contribution is 0.419. The molecular formula is C16H28N2. The minimum Gasteiger partial charge on any atom is -0.374 e. The van der Waals surface area contributed by atoms with Crippen molar-refractivity contribution in [2.24, 2.45) is 5.41 Å². The molecule has 0 amide bonds. The molecule has 0 fully saturated rings. The second-order valence-electron chi connectivity index (χ2n) is 6.32. The quantitative estimate of drug-likeness (QED) is 0.856. The summed E-state index contributed by atoms with van der Waals surface area (Å²) in [6.07, 6.45) is 0. The smallest absolute Gasteiger partial charge is 0.0393 e. The molecule has 0 heterocycles. The average Bonchev–Trinajstić information content (AvgIpc) is 2.23. The number of nitrogens with zero attached hydrogens (tertiary/aromatic N) is 1. The van der Waals surface area contributed by atoms with Gasteiger partial charge in [0, 0.05) is 25.8 Å². The van der Waals surface area contributed by atoms with Crippen LogP contribution in [0.2, 0.25) is 0 Å². The summed E-state index contributed by atoms with van der Waals surface area (Å²) in [6.45, 7) is 14.2. The maximum absolute atomic E-state index is 3.37. The third-order valence-corrected chi connectivity index (χ3v) is 2.96. The van der Waals surface area contributed by atoms with E-state index in [2.05, 4.69) is 70.1 Å². The lowest BCUT2D eigenvalue weighted by atomic mass is 9.95. The first kappa shape index (κ1) is 15.0. The van der Waals surface area contributed by atoms with Crippen LogP contribution in [0.5, 0.6) is 0 Å². The van der Waals surface area contributed by atoms with Gasteiger partial charge in [-0.2, -0.15) is 0 Å². The van der Waals surface area contributed by atoms with Gasteiger partial charge in [0.05, 0.1) is 0 Å². The third-order valence-electron chi connectivity index (χ3n) is 2.96. The van der Waals surface area contributed by atoms with Crippen molar-refractivity contribution >= 4 is 5.69 Å². The van der Waals surface area contributed by atoms with Gasteiger partial charge in [0.1, 0.15) is 0 Å². The normalized spacial score (nSPS) is 11.7. The summed E-state index contributed by atoms with van der Waals surface area (Å²) < 4.78 is 0. The molecule has 0 saturated heterocycles. The summed E-state index contributed by atoms with van der Waals surface area (Å²) in [4.78, 5) is 2.35. The molecule has 1 aromatic rings. The zero-order chi connectivity index (χ0) is 13.8. The number of benzene rings is 1. The lowest BCUT2D eigenvalue weighted by Crippen LogP contribution is -2.29. The molecule has 18 heavy (non-hydrogen) atoms.